The lowest BCUT2D eigenvalue weighted by atomic mass is 10.1. The van der Waals surface area contributed by atoms with Gasteiger partial charge in [-0.25, -0.2) is 4.98 Å². The van der Waals surface area contributed by atoms with Gasteiger partial charge in [-0.15, -0.1) is 0 Å². The highest BCUT2D eigenvalue weighted by Gasteiger charge is 2.06. The molecule has 2 heterocycles. The van der Waals surface area contributed by atoms with E-state index in [1.807, 2.05) is 28.9 Å². The molecule has 13 heavy (non-hydrogen) atoms. The molecule has 0 aliphatic rings. The molecule has 0 aromatic carbocycles. The van der Waals surface area contributed by atoms with Gasteiger partial charge in [0.25, 0.3) is 0 Å². The number of aromatic nitrogens is 2. The number of imidazole rings is 1. The third-order valence-corrected chi connectivity index (χ3v) is 2.31. The highest BCUT2D eigenvalue weighted by atomic mass is 35.5. The van der Waals surface area contributed by atoms with Crippen LogP contribution in [0.25, 0.3) is 5.65 Å². The van der Waals surface area contributed by atoms with E-state index in [1.165, 1.54) is 5.69 Å². The zero-order valence-electron chi connectivity index (χ0n) is 7.66. The molecule has 0 aliphatic heterocycles. The summed E-state index contributed by atoms with van der Waals surface area (Å²) in [5, 5.41) is 0.743. The second kappa shape index (κ2) is 3.04. The molecule has 0 bridgehead atoms. The SMILES string of the molecule is CC(C)c1cnc2ccc(Cl)cn12. The molecular formula is C10H11ClN2. The monoisotopic (exact) mass is 194 g/mol. The molecule has 0 fully saturated rings. The molecule has 0 saturated heterocycles. The Morgan fingerprint density at radius 3 is 2.85 bits per heavy atom. The first kappa shape index (κ1) is 8.57. The average Bonchev–Trinajstić information content (AvgIpc) is 2.46. The van der Waals surface area contributed by atoms with E-state index < -0.39 is 0 Å². The van der Waals surface area contributed by atoms with Crippen molar-refractivity contribution in [1.82, 2.24) is 9.38 Å². The van der Waals surface area contributed by atoms with Gasteiger partial charge in [-0.2, -0.15) is 0 Å². The third-order valence-electron chi connectivity index (χ3n) is 2.09. The minimum atomic E-state index is 0.466. The molecule has 68 valence electrons. The van der Waals surface area contributed by atoms with E-state index in [4.69, 9.17) is 11.6 Å². The van der Waals surface area contributed by atoms with Crippen LogP contribution in [0.15, 0.2) is 24.5 Å². The molecule has 2 nitrogen and oxygen atoms in total. The predicted molar refractivity (Wildman–Crippen MR) is 54.3 cm³/mol. The molecule has 0 aliphatic carbocycles. The van der Waals surface area contributed by atoms with Crippen LogP contribution in [0.1, 0.15) is 25.5 Å². The molecule has 2 aromatic heterocycles. The molecular weight excluding hydrogens is 184 g/mol. The quantitative estimate of drug-likeness (QED) is 0.682. The highest BCUT2D eigenvalue weighted by Crippen LogP contribution is 2.18. The molecule has 0 amide bonds. The van der Waals surface area contributed by atoms with E-state index >= 15 is 0 Å². The van der Waals surface area contributed by atoms with Crippen molar-refractivity contribution in [2.24, 2.45) is 0 Å². The average molecular weight is 195 g/mol. The second-order valence-electron chi connectivity index (χ2n) is 3.41. The van der Waals surface area contributed by atoms with Gasteiger partial charge in [0.15, 0.2) is 0 Å². The molecule has 0 atom stereocenters. The zero-order valence-corrected chi connectivity index (χ0v) is 8.42. The van der Waals surface area contributed by atoms with E-state index in [9.17, 15) is 0 Å². The van der Waals surface area contributed by atoms with Crippen molar-refractivity contribution < 1.29 is 0 Å². The van der Waals surface area contributed by atoms with Crippen molar-refractivity contribution in [3.8, 4) is 0 Å². The number of hydrogen-bond donors (Lipinski definition) is 0. The maximum atomic E-state index is 5.90. The summed E-state index contributed by atoms with van der Waals surface area (Å²) in [6.07, 6.45) is 3.80. The van der Waals surface area contributed by atoms with Crippen molar-refractivity contribution in [3.05, 3.63) is 35.2 Å². The van der Waals surface area contributed by atoms with Gasteiger partial charge in [-0.1, -0.05) is 25.4 Å². The number of pyridine rings is 1. The van der Waals surface area contributed by atoms with Crippen LogP contribution in [0, 0.1) is 0 Å². The second-order valence-corrected chi connectivity index (χ2v) is 3.85. The van der Waals surface area contributed by atoms with Crippen LogP contribution in [-0.4, -0.2) is 9.38 Å². The summed E-state index contributed by atoms with van der Waals surface area (Å²) in [7, 11) is 0. The fraction of sp³-hybridized carbons (Fsp3) is 0.300. The number of hydrogen-bond acceptors (Lipinski definition) is 1. The summed E-state index contributed by atoms with van der Waals surface area (Å²) in [5.41, 5.74) is 2.14. The van der Waals surface area contributed by atoms with E-state index in [0.29, 0.717) is 5.92 Å². The van der Waals surface area contributed by atoms with Gasteiger partial charge in [0.2, 0.25) is 0 Å². The topological polar surface area (TPSA) is 17.3 Å². The van der Waals surface area contributed by atoms with Crippen molar-refractivity contribution >= 4 is 17.2 Å². The van der Waals surface area contributed by atoms with Gasteiger partial charge in [0.05, 0.1) is 5.02 Å². The number of halogens is 1. The van der Waals surface area contributed by atoms with Crippen LogP contribution in [-0.2, 0) is 0 Å². The van der Waals surface area contributed by atoms with Crippen LogP contribution in [0.5, 0.6) is 0 Å². The van der Waals surface area contributed by atoms with Crippen LogP contribution in [0.2, 0.25) is 5.02 Å². The molecule has 3 heteroatoms. The van der Waals surface area contributed by atoms with E-state index in [0.717, 1.165) is 10.7 Å². The normalized spacial score (nSPS) is 11.4. The maximum Gasteiger partial charge on any atom is 0.136 e. The van der Waals surface area contributed by atoms with Crippen LogP contribution >= 0.6 is 11.6 Å². The summed E-state index contributed by atoms with van der Waals surface area (Å²) in [5.74, 6) is 0.466. The first-order chi connectivity index (χ1) is 6.18. The summed E-state index contributed by atoms with van der Waals surface area (Å²) in [4.78, 5) is 4.29. The summed E-state index contributed by atoms with van der Waals surface area (Å²) in [6.45, 7) is 4.29. The first-order valence-electron chi connectivity index (χ1n) is 4.31. The van der Waals surface area contributed by atoms with Crippen LogP contribution < -0.4 is 0 Å². The van der Waals surface area contributed by atoms with Gasteiger partial charge in [0.1, 0.15) is 5.65 Å². The van der Waals surface area contributed by atoms with E-state index in [-0.39, 0.29) is 0 Å². The maximum absolute atomic E-state index is 5.90. The zero-order chi connectivity index (χ0) is 9.42. The Morgan fingerprint density at radius 1 is 1.38 bits per heavy atom. The molecule has 2 rings (SSSR count). The lowest BCUT2D eigenvalue weighted by molar-refractivity contribution is 0.809. The Labute approximate surface area is 82.2 Å². The van der Waals surface area contributed by atoms with Gasteiger partial charge in [0, 0.05) is 18.1 Å². The third kappa shape index (κ3) is 1.42. The van der Waals surface area contributed by atoms with Gasteiger partial charge < -0.3 is 4.40 Å². The van der Waals surface area contributed by atoms with E-state index in [2.05, 4.69) is 18.8 Å². The van der Waals surface area contributed by atoms with Crippen molar-refractivity contribution in [3.63, 3.8) is 0 Å². The molecule has 0 unspecified atom stereocenters. The van der Waals surface area contributed by atoms with Crippen LogP contribution in [0.4, 0.5) is 0 Å². The summed E-state index contributed by atoms with van der Waals surface area (Å²) >= 11 is 5.90. The Balaban J connectivity index is 2.71. The van der Waals surface area contributed by atoms with Crippen molar-refractivity contribution in [1.29, 1.82) is 0 Å². The van der Waals surface area contributed by atoms with Gasteiger partial charge >= 0.3 is 0 Å². The highest BCUT2D eigenvalue weighted by molar-refractivity contribution is 6.30. The largest absolute Gasteiger partial charge is 0.302 e. The Morgan fingerprint density at radius 2 is 2.15 bits per heavy atom. The fourth-order valence-corrected chi connectivity index (χ4v) is 1.56. The molecule has 0 saturated carbocycles. The predicted octanol–water partition coefficient (Wildman–Crippen LogP) is 3.11. The molecule has 0 radical (unpaired) electrons. The smallest absolute Gasteiger partial charge is 0.136 e. The lowest BCUT2D eigenvalue weighted by Gasteiger charge is -2.04. The van der Waals surface area contributed by atoms with E-state index in [1.54, 1.807) is 0 Å². The molecule has 0 N–H and O–H groups in total. The van der Waals surface area contributed by atoms with Gasteiger partial charge in [-0.3, -0.25) is 0 Å². The number of nitrogens with zero attached hydrogens (tertiary/aromatic N) is 2. The molecule has 2 aromatic rings. The van der Waals surface area contributed by atoms with Gasteiger partial charge in [-0.05, 0) is 18.1 Å². The molecule has 0 spiro atoms. The summed E-state index contributed by atoms with van der Waals surface area (Å²) in [6, 6.07) is 3.78. The first-order valence-corrected chi connectivity index (χ1v) is 4.69. The Bertz CT molecular complexity index is 431. The Hall–Kier alpha value is -1.02. The van der Waals surface area contributed by atoms with Crippen molar-refractivity contribution in [2.45, 2.75) is 19.8 Å². The minimum absolute atomic E-state index is 0.466. The van der Waals surface area contributed by atoms with Crippen molar-refractivity contribution in [2.75, 3.05) is 0 Å². The van der Waals surface area contributed by atoms with Crippen LogP contribution in [0.3, 0.4) is 0 Å². The summed E-state index contributed by atoms with van der Waals surface area (Å²) < 4.78 is 2.03. The fourth-order valence-electron chi connectivity index (χ4n) is 1.40. The number of fused-ring (bicyclic) bond motifs is 1. The number of rotatable bonds is 1. The lowest BCUT2D eigenvalue weighted by Crippen LogP contribution is -1.93. The standard InChI is InChI=1S/C10H11ClN2/c1-7(2)9-5-12-10-4-3-8(11)6-13(9)10/h3-7H,1-2H3. The Kier molecular flexibility index (Phi) is 2.00. The minimum Gasteiger partial charge on any atom is -0.302 e.